The number of aromatic amines is 1. The molecule has 1 fully saturated rings. The van der Waals surface area contributed by atoms with Gasteiger partial charge in [0.15, 0.2) is 0 Å². The normalized spacial score (nSPS) is 18.6. The van der Waals surface area contributed by atoms with Crippen molar-refractivity contribution < 1.29 is 23.9 Å². The Labute approximate surface area is 213 Å². The summed E-state index contributed by atoms with van der Waals surface area (Å²) in [5.74, 6) is -0.0756. The van der Waals surface area contributed by atoms with Crippen molar-refractivity contribution in [3.63, 3.8) is 0 Å². The SMILES string of the molecule is CCOC(=O)c1ccc(N2C(=O)[C@@H]3Cc4c([nH]c5ccccc45)C(c4cccc(OC)c4)N3C2=O)cc1. The number of ether oxygens (including phenoxy) is 2. The topological polar surface area (TPSA) is 91.9 Å². The molecule has 2 aliphatic rings. The minimum absolute atomic E-state index is 0.265. The number of urea groups is 1. The fourth-order valence-corrected chi connectivity index (χ4v) is 5.43. The Kier molecular flexibility index (Phi) is 5.44. The fraction of sp³-hybridized carbons (Fsp3) is 0.207. The molecule has 2 aliphatic heterocycles. The monoisotopic (exact) mass is 495 g/mol. The molecule has 2 atom stereocenters. The summed E-state index contributed by atoms with van der Waals surface area (Å²) in [6.07, 6.45) is 0.405. The highest BCUT2D eigenvalue weighted by molar-refractivity contribution is 6.22. The highest BCUT2D eigenvalue weighted by atomic mass is 16.5. The molecule has 8 heteroatoms. The van der Waals surface area contributed by atoms with Crippen LogP contribution >= 0.6 is 0 Å². The first kappa shape index (κ1) is 22.8. The largest absolute Gasteiger partial charge is 0.497 e. The van der Waals surface area contributed by atoms with Crippen molar-refractivity contribution in [1.82, 2.24) is 9.88 Å². The number of para-hydroxylation sites is 1. The summed E-state index contributed by atoms with van der Waals surface area (Å²) < 4.78 is 10.5. The molecule has 1 unspecified atom stereocenters. The maximum absolute atomic E-state index is 13.9. The number of carbonyl (C=O) groups excluding carboxylic acids is 3. The number of aromatic nitrogens is 1. The summed E-state index contributed by atoms with van der Waals surface area (Å²) in [6.45, 7) is 2.00. The Morgan fingerprint density at radius 1 is 1.03 bits per heavy atom. The van der Waals surface area contributed by atoms with Gasteiger partial charge < -0.3 is 14.5 Å². The Hall–Kier alpha value is -4.59. The van der Waals surface area contributed by atoms with Crippen molar-refractivity contribution in [2.45, 2.75) is 25.4 Å². The zero-order valence-electron chi connectivity index (χ0n) is 20.4. The number of fused-ring (bicyclic) bond motifs is 4. The second kappa shape index (κ2) is 8.81. The van der Waals surface area contributed by atoms with Crippen molar-refractivity contribution in [3.8, 4) is 5.75 Å². The maximum Gasteiger partial charge on any atom is 0.338 e. The summed E-state index contributed by atoms with van der Waals surface area (Å²) in [4.78, 5) is 46.2. The molecule has 6 rings (SSSR count). The highest BCUT2D eigenvalue weighted by Crippen LogP contribution is 2.45. The van der Waals surface area contributed by atoms with E-state index in [-0.39, 0.29) is 12.5 Å². The summed E-state index contributed by atoms with van der Waals surface area (Å²) in [7, 11) is 1.60. The van der Waals surface area contributed by atoms with Crippen LogP contribution < -0.4 is 9.64 Å². The van der Waals surface area contributed by atoms with Crippen LogP contribution in [0.4, 0.5) is 10.5 Å². The molecule has 0 spiro atoms. The summed E-state index contributed by atoms with van der Waals surface area (Å²) >= 11 is 0. The summed E-state index contributed by atoms with van der Waals surface area (Å²) in [5.41, 5.74) is 4.51. The van der Waals surface area contributed by atoms with E-state index < -0.39 is 24.1 Å². The van der Waals surface area contributed by atoms with E-state index in [1.165, 1.54) is 4.90 Å². The number of benzene rings is 3. The summed E-state index contributed by atoms with van der Waals surface area (Å²) in [6, 6.07) is 20.3. The number of nitrogens with zero attached hydrogens (tertiary/aromatic N) is 2. The third-order valence-corrected chi connectivity index (χ3v) is 7.10. The zero-order valence-corrected chi connectivity index (χ0v) is 20.4. The number of imide groups is 1. The lowest BCUT2D eigenvalue weighted by atomic mass is 9.89. The van der Waals surface area contributed by atoms with Crippen LogP contribution in [0.15, 0.2) is 72.8 Å². The van der Waals surface area contributed by atoms with Gasteiger partial charge in [0, 0.05) is 23.0 Å². The molecule has 1 aromatic heterocycles. The molecule has 1 N–H and O–H groups in total. The van der Waals surface area contributed by atoms with Crippen LogP contribution in [-0.2, 0) is 16.0 Å². The molecular formula is C29H25N3O5. The molecule has 0 aliphatic carbocycles. The van der Waals surface area contributed by atoms with Gasteiger partial charge in [-0.05, 0) is 60.5 Å². The highest BCUT2D eigenvalue weighted by Gasteiger charge is 2.53. The van der Waals surface area contributed by atoms with E-state index in [4.69, 9.17) is 9.47 Å². The van der Waals surface area contributed by atoms with Gasteiger partial charge in [-0.1, -0.05) is 30.3 Å². The number of anilines is 1. The average molecular weight is 496 g/mol. The zero-order chi connectivity index (χ0) is 25.7. The van der Waals surface area contributed by atoms with Gasteiger partial charge in [0.1, 0.15) is 17.8 Å². The molecule has 0 bridgehead atoms. The van der Waals surface area contributed by atoms with E-state index in [1.807, 2.05) is 48.5 Å². The molecule has 1 saturated heterocycles. The van der Waals surface area contributed by atoms with Crippen LogP contribution in [0.3, 0.4) is 0 Å². The third-order valence-electron chi connectivity index (χ3n) is 7.10. The molecule has 37 heavy (non-hydrogen) atoms. The molecule has 3 heterocycles. The first-order valence-electron chi connectivity index (χ1n) is 12.2. The second-order valence-corrected chi connectivity index (χ2v) is 9.09. The van der Waals surface area contributed by atoms with Gasteiger partial charge in [0.2, 0.25) is 0 Å². The predicted molar refractivity (Wildman–Crippen MR) is 138 cm³/mol. The van der Waals surface area contributed by atoms with Crippen molar-refractivity contribution in [1.29, 1.82) is 0 Å². The minimum Gasteiger partial charge on any atom is -0.497 e. The van der Waals surface area contributed by atoms with E-state index in [2.05, 4.69) is 4.98 Å². The predicted octanol–water partition coefficient (Wildman–Crippen LogP) is 4.84. The van der Waals surface area contributed by atoms with Gasteiger partial charge >= 0.3 is 12.0 Å². The lowest BCUT2D eigenvalue weighted by Crippen LogP contribution is -2.44. The fourth-order valence-electron chi connectivity index (χ4n) is 5.43. The first-order valence-corrected chi connectivity index (χ1v) is 12.2. The Bertz CT molecular complexity index is 1540. The van der Waals surface area contributed by atoms with Crippen molar-refractivity contribution in [2.24, 2.45) is 0 Å². The van der Waals surface area contributed by atoms with Gasteiger partial charge in [-0.2, -0.15) is 0 Å². The number of nitrogens with one attached hydrogen (secondary N) is 1. The van der Waals surface area contributed by atoms with Crippen LogP contribution in [0, 0.1) is 0 Å². The van der Waals surface area contributed by atoms with E-state index >= 15 is 0 Å². The van der Waals surface area contributed by atoms with E-state index in [0.29, 0.717) is 23.4 Å². The lowest BCUT2D eigenvalue weighted by Gasteiger charge is -2.36. The van der Waals surface area contributed by atoms with Gasteiger partial charge in [-0.25, -0.2) is 14.5 Å². The van der Waals surface area contributed by atoms with Gasteiger partial charge in [0.25, 0.3) is 5.91 Å². The average Bonchev–Trinajstić information content (AvgIpc) is 3.42. The number of hydrogen-bond donors (Lipinski definition) is 1. The second-order valence-electron chi connectivity index (χ2n) is 9.09. The standard InChI is InChI=1S/C29H25N3O5/c1-3-37-28(34)17-11-13-19(14-12-17)31-27(33)24-16-22-21-9-4-5-10-23(21)30-25(22)26(32(24)29(31)35)18-7-6-8-20(15-18)36-2/h4-15,24,26,30H,3,16H2,1-2H3/t24-,26?/m0/s1. The van der Waals surface area contributed by atoms with Gasteiger partial charge in [-0.15, -0.1) is 0 Å². The Morgan fingerprint density at radius 3 is 2.57 bits per heavy atom. The van der Waals surface area contributed by atoms with Crippen molar-refractivity contribution >= 4 is 34.5 Å². The molecule has 4 aromatic rings. The number of hydrogen-bond acceptors (Lipinski definition) is 5. The van der Waals surface area contributed by atoms with Crippen LogP contribution in [0.25, 0.3) is 10.9 Å². The van der Waals surface area contributed by atoms with Crippen LogP contribution in [-0.4, -0.2) is 47.6 Å². The van der Waals surface area contributed by atoms with E-state index in [1.54, 1.807) is 43.2 Å². The molecule has 186 valence electrons. The van der Waals surface area contributed by atoms with E-state index in [0.717, 1.165) is 27.7 Å². The third kappa shape index (κ3) is 3.56. The number of rotatable bonds is 5. The van der Waals surface area contributed by atoms with Gasteiger partial charge in [-0.3, -0.25) is 9.69 Å². The van der Waals surface area contributed by atoms with Crippen molar-refractivity contribution in [2.75, 3.05) is 18.6 Å². The molecule has 0 radical (unpaired) electrons. The van der Waals surface area contributed by atoms with Crippen LogP contribution in [0.1, 0.15) is 40.1 Å². The van der Waals surface area contributed by atoms with Crippen LogP contribution in [0.5, 0.6) is 5.75 Å². The Balaban J connectivity index is 1.45. The molecule has 3 amide bonds. The summed E-state index contributed by atoms with van der Waals surface area (Å²) in [5, 5.41) is 1.04. The smallest absolute Gasteiger partial charge is 0.338 e. The van der Waals surface area contributed by atoms with E-state index in [9.17, 15) is 14.4 Å². The number of amides is 3. The van der Waals surface area contributed by atoms with Gasteiger partial charge in [0.05, 0.1) is 25.0 Å². The number of methoxy groups -OCH3 is 1. The van der Waals surface area contributed by atoms with Crippen LogP contribution in [0.2, 0.25) is 0 Å². The number of esters is 1. The molecular weight excluding hydrogens is 470 g/mol. The quantitative estimate of drug-likeness (QED) is 0.316. The maximum atomic E-state index is 13.9. The first-order chi connectivity index (χ1) is 18.0. The molecule has 3 aromatic carbocycles. The minimum atomic E-state index is -0.667. The molecule has 0 saturated carbocycles. The molecule has 8 nitrogen and oxygen atoms in total. The number of carbonyl (C=O) groups is 3. The Morgan fingerprint density at radius 2 is 1.81 bits per heavy atom. The van der Waals surface area contributed by atoms with Crippen molar-refractivity contribution in [3.05, 3.63) is 95.2 Å². The number of H-pyrrole nitrogens is 1. The lowest BCUT2D eigenvalue weighted by molar-refractivity contribution is -0.120.